The quantitative estimate of drug-likeness (QED) is 0.655. The molecule has 3 rings (SSSR count). The summed E-state index contributed by atoms with van der Waals surface area (Å²) in [7, 11) is 0. The maximum absolute atomic E-state index is 5.08. The first kappa shape index (κ1) is 14.4. The first-order chi connectivity index (χ1) is 9.91. The predicted octanol–water partition coefficient (Wildman–Crippen LogP) is 5.24. The van der Waals surface area contributed by atoms with Gasteiger partial charge in [0.15, 0.2) is 3.95 Å². The highest BCUT2D eigenvalue weighted by atomic mass is 32.1. The van der Waals surface area contributed by atoms with E-state index in [2.05, 4.69) is 67.4 Å². The van der Waals surface area contributed by atoms with Gasteiger partial charge in [0.05, 0.1) is 0 Å². The van der Waals surface area contributed by atoms with Crippen LogP contribution in [0.1, 0.15) is 36.9 Å². The van der Waals surface area contributed by atoms with E-state index in [9.17, 15) is 0 Å². The van der Waals surface area contributed by atoms with E-state index in [0.717, 1.165) is 15.4 Å². The van der Waals surface area contributed by atoms with Gasteiger partial charge in [0.25, 0.3) is 0 Å². The Labute approximate surface area is 133 Å². The number of hydrogen-bond acceptors (Lipinski definition) is 3. The number of benzene rings is 2. The van der Waals surface area contributed by atoms with Crippen LogP contribution >= 0.6 is 23.6 Å². The first-order valence-electron chi connectivity index (χ1n) is 6.99. The molecule has 0 radical (unpaired) electrons. The van der Waals surface area contributed by atoms with E-state index in [1.54, 1.807) is 11.3 Å². The fourth-order valence-electron chi connectivity index (χ4n) is 2.38. The molecule has 0 atom stereocenters. The molecule has 0 saturated heterocycles. The van der Waals surface area contributed by atoms with Crippen LogP contribution in [-0.2, 0) is 11.8 Å². The SMILES string of the molecule is CC(C)(C)c1ccc2ccc(Cc3n[nH]c(=S)s3)cc2c1. The summed E-state index contributed by atoms with van der Waals surface area (Å²) in [5, 5.41) is 10.7. The van der Waals surface area contributed by atoms with Crippen molar-refractivity contribution in [2.24, 2.45) is 0 Å². The maximum Gasteiger partial charge on any atom is 0.176 e. The van der Waals surface area contributed by atoms with Gasteiger partial charge in [0.2, 0.25) is 0 Å². The van der Waals surface area contributed by atoms with Gasteiger partial charge in [-0.25, -0.2) is 0 Å². The smallest absolute Gasteiger partial charge is 0.176 e. The Morgan fingerprint density at radius 2 is 1.86 bits per heavy atom. The summed E-state index contributed by atoms with van der Waals surface area (Å²) in [4.78, 5) is 0. The van der Waals surface area contributed by atoms with Gasteiger partial charge in [-0.1, -0.05) is 68.5 Å². The summed E-state index contributed by atoms with van der Waals surface area (Å²) in [6.07, 6.45) is 0.827. The molecule has 1 aromatic heterocycles. The molecule has 0 fully saturated rings. The summed E-state index contributed by atoms with van der Waals surface area (Å²) >= 11 is 6.63. The number of aromatic nitrogens is 2. The normalized spacial score (nSPS) is 12.0. The van der Waals surface area contributed by atoms with Crippen LogP contribution in [0.3, 0.4) is 0 Å². The zero-order chi connectivity index (χ0) is 15.0. The van der Waals surface area contributed by atoms with Gasteiger partial charge in [-0.05, 0) is 39.5 Å². The van der Waals surface area contributed by atoms with Crippen molar-refractivity contribution < 1.29 is 0 Å². The molecule has 2 aromatic carbocycles. The summed E-state index contributed by atoms with van der Waals surface area (Å²) in [5.41, 5.74) is 2.81. The number of hydrogen-bond donors (Lipinski definition) is 1. The van der Waals surface area contributed by atoms with Crippen LogP contribution < -0.4 is 0 Å². The Balaban J connectivity index is 1.99. The molecule has 0 bridgehead atoms. The van der Waals surface area contributed by atoms with Crippen molar-refractivity contribution in [1.29, 1.82) is 0 Å². The lowest BCUT2D eigenvalue weighted by Crippen LogP contribution is -2.10. The number of nitrogens with zero attached hydrogens (tertiary/aromatic N) is 1. The van der Waals surface area contributed by atoms with Crippen molar-refractivity contribution in [2.75, 3.05) is 0 Å². The van der Waals surface area contributed by atoms with E-state index < -0.39 is 0 Å². The van der Waals surface area contributed by atoms with Crippen LogP contribution in [0.15, 0.2) is 36.4 Å². The number of aromatic amines is 1. The van der Waals surface area contributed by atoms with Gasteiger partial charge >= 0.3 is 0 Å². The van der Waals surface area contributed by atoms with Gasteiger partial charge in [0.1, 0.15) is 5.01 Å². The van der Waals surface area contributed by atoms with Gasteiger partial charge in [-0.15, -0.1) is 0 Å². The molecule has 0 aliphatic rings. The molecular formula is C17H18N2S2. The molecule has 0 unspecified atom stereocenters. The van der Waals surface area contributed by atoms with Crippen molar-refractivity contribution in [3.05, 3.63) is 56.5 Å². The monoisotopic (exact) mass is 314 g/mol. The minimum absolute atomic E-state index is 0.172. The van der Waals surface area contributed by atoms with Gasteiger partial charge in [-0.3, -0.25) is 5.10 Å². The molecule has 0 spiro atoms. The third kappa shape index (κ3) is 3.22. The van der Waals surface area contributed by atoms with Crippen molar-refractivity contribution in [3.8, 4) is 0 Å². The third-order valence-electron chi connectivity index (χ3n) is 3.61. The summed E-state index contributed by atoms with van der Waals surface area (Å²) in [6.45, 7) is 6.73. The third-order valence-corrected chi connectivity index (χ3v) is 4.70. The van der Waals surface area contributed by atoms with E-state index >= 15 is 0 Å². The minimum atomic E-state index is 0.172. The molecule has 0 aliphatic carbocycles. The molecule has 0 aliphatic heterocycles. The van der Waals surface area contributed by atoms with Crippen molar-refractivity contribution in [2.45, 2.75) is 32.6 Å². The average molecular weight is 314 g/mol. The zero-order valence-corrected chi connectivity index (χ0v) is 14.1. The van der Waals surface area contributed by atoms with E-state index in [1.807, 2.05) is 0 Å². The molecule has 1 N–H and O–H groups in total. The van der Waals surface area contributed by atoms with E-state index in [1.165, 1.54) is 21.9 Å². The molecular weight excluding hydrogens is 296 g/mol. The molecule has 0 amide bonds. The number of rotatable bonds is 2. The predicted molar refractivity (Wildman–Crippen MR) is 92.8 cm³/mol. The summed E-state index contributed by atoms with van der Waals surface area (Å²) in [5.74, 6) is 0. The maximum atomic E-state index is 5.08. The lowest BCUT2D eigenvalue weighted by Gasteiger charge is -2.19. The Morgan fingerprint density at radius 1 is 1.10 bits per heavy atom. The highest BCUT2D eigenvalue weighted by Crippen LogP contribution is 2.27. The van der Waals surface area contributed by atoms with E-state index in [-0.39, 0.29) is 5.41 Å². The van der Waals surface area contributed by atoms with Crippen molar-refractivity contribution in [3.63, 3.8) is 0 Å². The summed E-state index contributed by atoms with van der Waals surface area (Å²) in [6, 6.07) is 13.3. The molecule has 108 valence electrons. The van der Waals surface area contributed by atoms with Crippen LogP contribution in [0.25, 0.3) is 10.8 Å². The molecule has 4 heteroatoms. The standard InChI is InChI=1S/C17H18N2S2/c1-17(2,3)14-7-6-12-5-4-11(8-13(12)10-14)9-15-18-19-16(20)21-15/h4-8,10H,9H2,1-3H3,(H,19,20). The van der Waals surface area contributed by atoms with Crippen LogP contribution in [0, 0.1) is 3.95 Å². The zero-order valence-electron chi connectivity index (χ0n) is 12.4. The van der Waals surface area contributed by atoms with Crippen LogP contribution in [-0.4, -0.2) is 10.2 Å². The van der Waals surface area contributed by atoms with Gasteiger partial charge < -0.3 is 0 Å². The lowest BCUT2D eigenvalue weighted by atomic mass is 9.86. The fourth-order valence-corrected chi connectivity index (χ4v) is 3.35. The molecule has 1 heterocycles. The average Bonchev–Trinajstić information content (AvgIpc) is 2.82. The number of fused-ring (bicyclic) bond motifs is 1. The van der Waals surface area contributed by atoms with Crippen LogP contribution in [0.2, 0.25) is 0 Å². The second-order valence-electron chi connectivity index (χ2n) is 6.33. The van der Waals surface area contributed by atoms with E-state index in [0.29, 0.717) is 0 Å². The Morgan fingerprint density at radius 3 is 2.52 bits per heavy atom. The molecule has 0 saturated carbocycles. The Kier molecular flexibility index (Phi) is 3.68. The van der Waals surface area contributed by atoms with Crippen molar-refractivity contribution >= 4 is 34.3 Å². The van der Waals surface area contributed by atoms with Gasteiger partial charge in [-0.2, -0.15) is 5.10 Å². The Hall–Kier alpha value is -1.52. The fraction of sp³-hybridized carbons (Fsp3) is 0.294. The summed E-state index contributed by atoms with van der Waals surface area (Å²) < 4.78 is 0.737. The first-order valence-corrected chi connectivity index (χ1v) is 8.22. The van der Waals surface area contributed by atoms with E-state index in [4.69, 9.17) is 12.2 Å². The lowest BCUT2D eigenvalue weighted by molar-refractivity contribution is 0.591. The van der Waals surface area contributed by atoms with Gasteiger partial charge in [0, 0.05) is 6.42 Å². The minimum Gasteiger partial charge on any atom is -0.258 e. The number of H-pyrrole nitrogens is 1. The van der Waals surface area contributed by atoms with Crippen LogP contribution in [0.5, 0.6) is 0 Å². The second-order valence-corrected chi connectivity index (χ2v) is 8.08. The highest BCUT2D eigenvalue weighted by Gasteiger charge is 2.13. The van der Waals surface area contributed by atoms with Crippen LogP contribution in [0.4, 0.5) is 0 Å². The number of nitrogens with one attached hydrogen (secondary N) is 1. The molecule has 2 nitrogen and oxygen atoms in total. The topological polar surface area (TPSA) is 28.7 Å². The molecule has 21 heavy (non-hydrogen) atoms. The largest absolute Gasteiger partial charge is 0.258 e. The Bertz CT molecular complexity index is 838. The highest BCUT2D eigenvalue weighted by molar-refractivity contribution is 7.73. The van der Waals surface area contributed by atoms with Crippen molar-refractivity contribution in [1.82, 2.24) is 10.2 Å². The molecule has 3 aromatic rings. The second kappa shape index (κ2) is 5.35.